The first-order chi connectivity index (χ1) is 15.9. The molecular weight excluding hydrogens is 411 g/mol. The van der Waals surface area contributed by atoms with Crippen molar-refractivity contribution in [3.63, 3.8) is 0 Å². The van der Waals surface area contributed by atoms with Gasteiger partial charge in [-0.25, -0.2) is 9.37 Å². The minimum Gasteiger partial charge on any atom is -0.434 e. The molecule has 0 aliphatic carbocycles. The second kappa shape index (κ2) is 8.21. The quantitative estimate of drug-likeness (QED) is 0.284. The molecule has 0 unspecified atom stereocenters. The summed E-state index contributed by atoms with van der Waals surface area (Å²) in [7, 11) is 0. The molecule has 0 saturated carbocycles. The number of oxazole rings is 1. The lowest BCUT2D eigenvalue weighted by atomic mass is 10.00. The van der Waals surface area contributed by atoms with Crippen LogP contribution in [0.4, 0.5) is 15.8 Å². The highest BCUT2D eigenvalue weighted by Crippen LogP contribution is 2.40. The first kappa shape index (κ1) is 21.0. The zero-order valence-corrected chi connectivity index (χ0v) is 18.9. The molecule has 0 N–H and O–H groups in total. The zero-order chi connectivity index (χ0) is 23.0. The number of benzene rings is 4. The Morgan fingerprint density at radius 3 is 2.15 bits per heavy atom. The SMILES string of the molecule is CC(C)(C)N(c1cccc(-c2ccc(F)cc2)c1)c1cccc2nc(-c3ccccc3)oc12. The third-order valence-electron chi connectivity index (χ3n) is 5.61. The van der Waals surface area contributed by atoms with Crippen LogP contribution < -0.4 is 4.90 Å². The molecule has 0 saturated heterocycles. The molecule has 0 spiro atoms. The summed E-state index contributed by atoms with van der Waals surface area (Å²) in [4.78, 5) is 7.01. The minimum atomic E-state index is -0.241. The van der Waals surface area contributed by atoms with Crippen LogP contribution in [0.25, 0.3) is 33.7 Å². The molecule has 0 bridgehead atoms. The molecule has 0 amide bonds. The molecule has 1 aromatic heterocycles. The van der Waals surface area contributed by atoms with Crippen LogP contribution in [0.2, 0.25) is 0 Å². The summed E-state index contributed by atoms with van der Waals surface area (Å²) in [5, 5.41) is 0. The van der Waals surface area contributed by atoms with Gasteiger partial charge in [-0.1, -0.05) is 48.5 Å². The van der Waals surface area contributed by atoms with Gasteiger partial charge >= 0.3 is 0 Å². The smallest absolute Gasteiger partial charge is 0.227 e. The molecule has 0 aliphatic heterocycles. The van der Waals surface area contributed by atoms with E-state index in [4.69, 9.17) is 9.40 Å². The molecule has 4 aromatic carbocycles. The van der Waals surface area contributed by atoms with Crippen molar-refractivity contribution in [3.8, 4) is 22.6 Å². The van der Waals surface area contributed by atoms with Crippen LogP contribution in [0.3, 0.4) is 0 Å². The monoisotopic (exact) mass is 436 g/mol. The lowest BCUT2D eigenvalue weighted by Crippen LogP contribution is -2.37. The van der Waals surface area contributed by atoms with Gasteiger partial charge in [0.25, 0.3) is 0 Å². The normalized spacial score (nSPS) is 11.6. The lowest BCUT2D eigenvalue weighted by Gasteiger charge is -2.38. The highest BCUT2D eigenvalue weighted by Gasteiger charge is 2.27. The van der Waals surface area contributed by atoms with E-state index in [0.29, 0.717) is 5.89 Å². The Kier molecular flexibility index (Phi) is 5.21. The fraction of sp³-hybridized carbons (Fsp3) is 0.138. The molecule has 1 heterocycles. The molecule has 0 aliphatic rings. The van der Waals surface area contributed by atoms with Crippen LogP contribution in [-0.4, -0.2) is 10.5 Å². The standard InChI is InChI=1S/C29H25FN2O/c1-29(2,3)32(24-12-7-11-22(19-24)20-15-17-23(30)18-16-20)26-14-8-13-25-27(26)33-28(31-25)21-9-5-4-6-10-21/h4-19H,1-3H3. The van der Waals surface area contributed by atoms with E-state index in [0.717, 1.165) is 39.2 Å². The van der Waals surface area contributed by atoms with E-state index in [9.17, 15) is 4.39 Å². The van der Waals surface area contributed by atoms with Gasteiger partial charge in [-0.3, -0.25) is 0 Å². The number of rotatable bonds is 4. The Hall–Kier alpha value is -3.92. The fourth-order valence-corrected chi connectivity index (χ4v) is 4.17. The van der Waals surface area contributed by atoms with Crippen LogP contribution >= 0.6 is 0 Å². The Labute approximate surface area is 193 Å². The van der Waals surface area contributed by atoms with Gasteiger partial charge in [0.2, 0.25) is 5.89 Å². The summed E-state index contributed by atoms with van der Waals surface area (Å²) in [6.45, 7) is 6.51. The number of hydrogen-bond donors (Lipinski definition) is 0. The van der Waals surface area contributed by atoms with Crippen LogP contribution in [0, 0.1) is 5.82 Å². The van der Waals surface area contributed by atoms with Crippen molar-refractivity contribution in [3.05, 3.63) is 103 Å². The maximum absolute atomic E-state index is 13.4. The number of para-hydroxylation sites is 1. The zero-order valence-electron chi connectivity index (χ0n) is 18.9. The molecule has 4 heteroatoms. The van der Waals surface area contributed by atoms with E-state index >= 15 is 0 Å². The second-order valence-corrected chi connectivity index (χ2v) is 9.07. The number of halogens is 1. The van der Waals surface area contributed by atoms with E-state index in [1.165, 1.54) is 12.1 Å². The van der Waals surface area contributed by atoms with Crippen molar-refractivity contribution in [2.24, 2.45) is 0 Å². The molecule has 5 rings (SSSR count). The summed E-state index contributed by atoms with van der Waals surface area (Å²) in [6.07, 6.45) is 0. The second-order valence-electron chi connectivity index (χ2n) is 9.07. The molecule has 0 fully saturated rings. The number of fused-ring (bicyclic) bond motifs is 1. The van der Waals surface area contributed by atoms with Gasteiger partial charge in [-0.2, -0.15) is 0 Å². The predicted molar refractivity (Wildman–Crippen MR) is 133 cm³/mol. The highest BCUT2D eigenvalue weighted by molar-refractivity contribution is 5.91. The molecule has 5 aromatic rings. The topological polar surface area (TPSA) is 29.3 Å². The van der Waals surface area contributed by atoms with Crippen molar-refractivity contribution in [2.75, 3.05) is 4.90 Å². The summed E-state index contributed by atoms with van der Waals surface area (Å²) in [5.74, 6) is 0.365. The number of nitrogens with zero attached hydrogens (tertiary/aromatic N) is 2. The average Bonchev–Trinajstić information content (AvgIpc) is 3.25. The summed E-state index contributed by atoms with van der Waals surface area (Å²) in [5.41, 5.74) is 6.23. The van der Waals surface area contributed by atoms with Crippen molar-refractivity contribution < 1.29 is 8.81 Å². The fourth-order valence-electron chi connectivity index (χ4n) is 4.17. The largest absolute Gasteiger partial charge is 0.434 e. The van der Waals surface area contributed by atoms with E-state index < -0.39 is 0 Å². The third kappa shape index (κ3) is 4.12. The molecular formula is C29H25FN2O. The molecule has 0 atom stereocenters. The van der Waals surface area contributed by atoms with Crippen LogP contribution in [-0.2, 0) is 0 Å². The van der Waals surface area contributed by atoms with Crippen molar-refractivity contribution in [1.29, 1.82) is 0 Å². The molecule has 0 radical (unpaired) electrons. The lowest BCUT2D eigenvalue weighted by molar-refractivity contribution is 0.554. The number of hydrogen-bond acceptors (Lipinski definition) is 3. The van der Waals surface area contributed by atoms with Crippen LogP contribution in [0.1, 0.15) is 20.8 Å². The third-order valence-corrected chi connectivity index (χ3v) is 5.61. The maximum atomic E-state index is 13.4. The van der Waals surface area contributed by atoms with E-state index in [1.54, 1.807) is 12.1 Å². The van der Waals surface area contributed by atoms with E-state index in [-0.39, 0.29) is 11.4 Å². The summed E-state index contributed by atoms with van der Waals surface area (Å²) >= 11 is 0. The molecule has 164 valence electrons. The Morgan fingerprint density at radius 1 is 0.727 bits per heavy atom. The van der Waals surface area contributed by atoms with Crippen molar-refractivity contribution in [2.45, 2.75) is 26.3 Å². The Morgan fingerprint density at radius 2 is 1.42 bits per heavy atom. The minimum absolute atomic E-state index is 0.238. The van der Waals surface area contributed by atoms with Gasteiger partial charge in [-0.05, 0) is 80.4 Å². The Bertz CT molecular complexity index is 1400. The maximum Gasteiger partial charge on any atom is 0.227 e. The van der Waals surface area contributed by atoms with Gasteiger partial charge in [-0.15, -0.1) is 0 Å². The van der Waals surface area contributed by atoms with Crippen LogP contribution in [0.15, 0.2) is 101 Å². The van der Waals surface area contributed by atoms with Gasteiger partial charge in [0.1, 0.15) is 11.3 Å². The predicted octanol–water partition coefficient (Wildman–Crippen LogP) is 8.24. The first-order valence-electron chi connectivity index (χ1n) is 11.0. The summed E-state index contributed by atoms with van der Waals surface area (Å²) in [6, 6.07) is 30.9. The molecule has 33 heavy (non-hydrogen) atoms. The van der Waals surface area contributed by atoms with Crippen molar-refractivity contribution in [1.82, 2.24) is 4.98 Å². The number of aromatic nitrogens is 1. The first-order valence-corrected chi connectivity index (χ1v) is 11.0. The number of anilines is 2. The van der Waals surface area contributed by atoms with E-state index in [1.807, 2.05) is 54.6 Å². The Balaban J connectivity index is 1.65. The van der Waals surface area contributed by atoms with Gasteiger partial charge < -0.3 is 9.32 Å². The van der Waals surface area contributed by atoms with Crippen LogP contribution in [0.5, 0.6) is 0 Å². The highest BCUT2D eigenvalue weighted by atomic mass is 19.1. The van der Waals surface area contributed by atoms with E-state index in [2.05, 4.69) is 43.9 Å². The van der Waals surface area contributed by atoms with Gasteiger partial charge in [0.15, 0.2) is 5.58 Å². The van der Waals surface area contributed by atoms with Gasteiger partial charge in [0, 0.05) is 16.8 Å². The average molecular weight is 437 g/mol. The molecule has 3 nitrogen and oxygen atoms in total. The van der Waals surface area contributed by atoms with Crippen molar-refractivity contribution >= 4 is 22.5 Å². The summed E-state index contributed by atoms with van der Waals surface area (Å²) < 4.78 is 19.8. The van der Waals surface area contributed by atoms with Gasteiger partial charge in [0.05, 0.1) is 5.69 Å².